The Morgan fingerprint density at radius 2 is 1.86 bits per heavy atom. The van der Waals surface area contributed by atoms with Crippen LogP contribution in [0.5, 0.6) is 0 Å². The molecule has 1 unspecified atom stereocenters. The average molecular weight is 403 g/mol. The standard InChI is InChI=1S/C20H23ClN4O3/c21-16-5-3-14(4-6-16)18-17(12-22-23-18)20(27)25-7-1-2-15(13-25)19(26)24-8-10-28-11-9-24/h3-6,12,15H,1-2,7-11,13H2,(H,22,23). The molecule has 0 spiro atoms. The Kier molecular flexibility index (Phi) is 5.64. The van der Waals surface area contributed by atoms with E-state index in [1.54, 1.807) is 23.2 Å². The monoisotopic (exact) mass is 402 g/mol. The molecule has 0 aliphatic carbocycles. The molecular formula is C20H23ClN4O3. The van der Waals surface area contributed by atoms with Gasteiger partial charge in [0.1, 0.15) is 0 Å². The first-order valence-electron chi connectivity index (χ1n) is 9.58. The second kappa shape index (κ2) is 8.32. The van der Waals surface area contributed by atoms with Gasteiger partial charge in [0, 0.05) is 36.8 Å². The largest absolute Gasteiger partial charge is 0.378 e. The minimum atomic E-state index is -0.151. The summed E-state index contributed by atoms with van der Waals surface area (Å²) in [5.74, 6) is -0.120. The number of ether oxygens (including phenoxy) is 1. The first kappa shape index (κ1) is 19.0. The topological polar surface area (TPSA) is 78.5 Å². The highest BCUT2D eigenvalue weighted by Gasteiger charge is 2.33. The third-order valence-corrected chi connectivity index (χ3v) is 5.64. The molecule has 4 rings (SSSR count). The first-order chi connectivity index (χ1) is 13.6. The van der Waals surface area contributed by atoms with Crippen LogP contribution in [0, 0.1) is 5.92 Å². The second-order valence-corrected chi connectivity index (χ2v) is 7.63. The van der Waals surface area contributed by atoms with Gasteiger partial charge in [-0.05, 0) is 25.0 Å². The Morgan fingerprint density at radius 1 is 1.11 bits per heavy atom. The molecule has 1 aromatic heterocycles. The summed E-state index contributed by atoms with van der Waals surface area (Å²) in [6.07, 6.45) is 3.19. The highest BCUT2D eigenvalue weighted by Crippen LogP contribution is 2.26. The summed E-state index contributed by atoms with van der Waals surface area (Å²) in [5, 5.41) is 7.62. The Morgan fingerprint density at radius 3 is 2.61 bits per heavy atom. The minimum absolute atomic E-state index is 0.0989. The zero-order chi connectivity index (χ0) is 19.5. The van der Waals surface area contributed by atoms with E-state index in [1.165, 1.54) is 0 Å². The summed E-state index contributed by atoms with van der Waals surface area (Å²) in [5.41, 5.74) is 2.04. The lowest BCUT2D eigenvalue weighted by Crippen LogP contribution is -2.49. The Balaban J connectivity index is 1.48. The van der Waals surface area contributed by atoms with E-state index in [0.29, 0.717) is 55.7 Å². The maximum atomic E-state index is 13.2. The number of piperidine rings is 1. The molecule has 1 atom stereocenters. The van der Waals surface area contributed by atoms with Crippen molar-refractivity contribution in [1.82, 2.24) is 20.0 Å². The van der Waals surface area contributed by atoms with E-state index in [4.69, 9.17) is 16.3 Å². The lowest BCUT2D eigenvalue weighted by Gasteiger charge is -2.36. The molecule has 2 aromatic rings. The van der Waals surface area contributed by atoms with Gasteiger partial charge in [0.15, 0.2) is 0 Å². The number of likely N-dealkylation sites (tertiary alicyclic amines) is 1. The molecule has 8 heteroatoms. The molecule has 2 aliphatic heterocycles. The number of nitrogens with zero attached hydrogens (tertiary/aromatic N) is 3. The number of morpholine rings is 1. The number of aromatic amines is 1. The molecule has 0 saturated carbocycles. The van der Waals surface area contributed by atoms with Crippen LogP contribution in [0.25, 0.3) is 11.3 Å². The van der Waals surface area contributed by atoms with Gasteiger partial charge in [-0.25, -0.2) is 0 Å². The van der Waals surface area contributed by atoms with Gasteiger partial charge in [-0.2, -0.15) is 5.10 Å². The van der Waals surface area contributed by atoms with Gasteiger partial charge in [0.2, 0.25) is 5.91 Å². The van der Waals surface area contributed by atoms with Crippen molar-refractivity contribution in [2.45, 2.75) is 12.8 Å². The first-order valence-corrected chi connectivity index (χ1v) is 9.96. The van der Waals surface area contributed by atoms with E-state index in [-0.39, 0.29) is 17.7 Å². The molecule has 2 saturated heterocycles. The number of hydrogen-bond donors (Lipinski definition) is 1. The molecule has 0 radical (unpaired) electrons. The number of amides is 2. The van der Waals surface area contributed by atoms with Gasteiger partial charge in [0.25, 0.3) is 5.91 Å². The summed E-state index contributed by atoms with van der Waals surface area (Å²) in [4.78, 5) is 29.6. The molecule has 3 heterocycles. The molecule has 2 amide bonds. The van der Waals surface area contributed by atoms with Crippen molar-refractivity contribution in [3.05, 3.63) is 41.0 Å². The summed E-state index contributed by atoms with van der Waals surface area (Å²) in [6, 6.07) is 7.27. The Labute approximate surface area is 168 Å². The highest BCUT2D eigenvalue weighted by molar-refractivity contribution is 6.30. The van der Waals surface area contributed by atoms with Gasteiger partial charge in [0.05, 0.1) is 36.6 Å². The SMILES string of the molecule is O=C(c1cn[nH]c1-c1ccc(Cl)cc1)N1CCCC(C(=O)N2CCOCC2)C1. The highest BCUT2D eigenvalue weighted by atomic mass is 35.5. The van der Waals surface area contributed by atoms with E-state index in [2.05, 4.69) is 10.2 Å². The van der Waals surface area contributed by atoms with E-state index >= 15 is 0 Å². The third-order valence-electron chi connectivity index (χ3n) is 5.38. The molecule has 2 fully saturated rings. The number of nitrogens with one attached hydrogen (secondary N) is 1. The molecule has 1 N–H and O–H groups in total. The quantitative estimate of drug-likeness (QED) is 0.855. The number of H-pyrrole nitrogens is 1. The van der Waals surface area contributed by atoms with Gasteiger partial charge < -0.3 is 14.5 Å². The van der Waals surface area contributed by atoms with Crippen molar-refractivity contribution in [1.29, 1.82) is 0 Å². The van der Waals surface area contributed by atoms with Gasteiger partial charge in [-0.15, -0.1) is 0 Å². The summed E-state index contributed by atoms with van der Waals surface area (Å²) in [6.45, 7) is 3.52. The summed E-state index contributed by atoms with van der Waals surface area (Å²) in [7, 11) is 0. The van der Waals surface area contributed by atoms with Crippen LogP contribution in [0.1, 0.15) is 23.2 Å². The summed E-state index contributed by atoms with van der Waals surface area (Å²) >= 11 is 5.96. The maximum Gasteiger partial charge on any atom is 0.257 e. The minimum Gasteiger partial charge on any atom is -0.378 e. The van der Waals surface area contributed by atoms with Crippen LogP contribution in [0.3, 0.4) is 0 Å². The van der Waals surface area contributed by atoms with Crippen molar-refractivity contribution in [3.63, 3.8) is 0 Å². The molecule has 28 heavy (non-hydrogen) atoms. The predicted molar refractivity (Wildman–Crippen MR) is 105 cm³/mol. The van der Waals surface area contributed by atoms with Crippen LogP contribution in [-0.4, -0.2) is 71.2 Å². The van der Waals surface area contributed by atoms with E-state index in [9.17, 15) is 9.59 Å². The molecule has 0 bridgehead atoms. The number of halogens is 1. The van der Waals surface area contributed by atoms with Crippen LogP contribution in [0.15, 0.2) is 30.5 Å². The van der Waals surface area contributed by atoms with Crippen LogP contribution in [-0.2, 0) is 9.53 Å². The fourth-order valence-corrected chi connectivity index (χ4v) is 3.99. The van der Waals surface area contributed by atoms with Gasteiger partial charge >= 0.3 is 0 Å². The van der Waals surface area contributed by atoms with Crippen molar-refractivity contribution >= 4 is 23.4 Å². The fraction of sp³-hybridized carbons (Fsp3) is 0.450. The molecule has 2 aliphatic rings. The lowest BCUT2D eigenvalue weighted by molar-refractivity contribution is -0.141. The van der Waals surface area contributed by atoms with Crippen molar-refractivity contribution < 1.29 is 14.3 Å². The zero-order valence-electron chi connectivity index (χ0n) is 15.6. The van der Waals surface area contributed by atoms with Crippen molar-refractivity contribution in [3.8, 4) is 11.3 Å². The van der Waals surface area contributed by atoms with Crippen LogP contribution in [0.4, 0.5) is 0 Å². The number of hydrogen-bond acceptors (Lipinski definition) is 4. The van der Waals surface area contributed by atoms with Crippen molar-refractivity contribution in [2.75, 3.05) is 39.4 Å². The zero-order valence-corrected chi connectivity index (χ0v) is 16.3. The molecule has 1 aromatic carbocycles. The summed E-state index contributed by atoms with van der Waals surface area (Å²) < 4.78 is 5.33. The maximum absolute atomic E-state index is 13.2. The third kappa shape index (κ3) is 3.91. The number of benzene rings is 1. The number of carbonyl (C=O) groups is 2. The average Bonchev–Trinajstić information content (AvgIpc) is 3.24. The Hall–Kier alpha value is -2.38. The van der Waals surface area contributed by atoms with Crippen LogP contribution >= 0.6 is 11.6 Å². The molecule has 7 nitrogen and oxygen atoms in total. The molecule has 148 valence electrons. The van der Waals surface area contributed by atoms with E-state index < -0.39 is 0 Å². The van der Waals surface area contributed by atoms with Crippen LogP contribution < -0.4 is 0 Å². The second-order valence-electron chi connectivity index (χ2n) is 7.19. The number of aromatic nitrogens is 2. The number of rotatable bonds is 3. The van der Waals surface area contributed by atoms with Crippen molar-refractivity contribution in [2.24, 2.45) is 5.92 Å². The fourth-order valence-electron chi connectivity index (χ4n) is 3.86. The van der Waals surface area contributed by atoms with E-state index in [1.807, 2.05) is 17.0 Å². The number of carbonyl (C=O) groups excluding carboxylic acids is 2. The van der Waals surface area contributed by atoms with E-state index in [0.717, 1.165) is 18.4 Å². The normalized spacial score (nSPS) is 20.2. The Bertz CT molecular complexity index is 845. The van der Waals surface area contributed by atoms with Gasteiger partial charge in [-0.1, -0.05) is 23.7 Å². The van der Waals surface area contributed by atoms with Crippen LogP contribution in [0.2, 0.25) is 5.02 Å². The lowest BCUT2D eigenvalue weighted by atomic mass is 9.95. The smallest absolute Gasteiger partial charge is 0.257 e. The van der Waals surface area contributed by atoms with Gasteiger partial charge in [-0.3, -0.25) is 14.7 Å². The predicted octanol–water partition coefficient (Wildman–Crippen LogP) is 2.44. The molecular weight excluding hydrogens is 380 g/mol.